The third kappa shape index (κ3) is 4.99. The number of nitrogens with zero attached hydrogens (tertiary/aromatic N) is 1. The smallest absolute Gasteiger partial charge is 0.215 e. The summed E-state index contributed by atoms with van der Waals surface area (Å²) in [6.45, 7) is 0.157. The van der Waals surface area contributed by atoms with Crippen molar-refractivity contribution in [2.45, 2.75) is 11.8 Å². The predicted octanol–water partition coefficient (Wildman–Crippen LogP) is 2.78. The van der Waals surface area contributed by atoms with Crippen LogP contribution < -0.4 is 10.5 Å². The van der Waals surface area contributed by atoms with Gasteiger partial charge in [0.2, 0.25) is 10.0 Å². The Labute approximate surface area is 153 Å². The molecule has 1 atom stereocenters. The Kier molecular flexibility index (Phi) is 6.50. The Balaban J connectivity index is 0.00000225. The van der Waals surface area contributed by atoms with E-state index in [0.717, 1.165) is 10.9 Å². The summed E-state index contributed by atoms with van der Waals surface area (Å²) in [6.07, 6.45) is 1.66. The first-order valence-electron chi connectivity index (χ1n) is 7.66. The molecule has 0 bridgehead atoms. The summed E-state index contributed by atoms with van der Waals surface area (Å²) in [6, 6.07) is 18.3. The zero-order valence-corrected chi connectivity index (χ0v) is 15.1. The van der Waals surface area contributed by atoms with E-state index >= 15 is 0 Å². The van der Waals surface area contributed by atoms with E-state index in [1.54, 1.807) is 12.3 Å². The summed E-state index contributed by atoms with van der Waals surface area (Å²) in [5, 5.41) is 0.922. The monoisotopic (exact) mass is 377 g/mol. The number of nitrogens with one attached hydrogen (secondary N) is 1. The van der Waals surface area contributed by atoms with Crippen LogP contribution in [0, 0.1) is 0 Å². The molecule has 1 unspecified atom stereocenters. The predicted molar refractivity (Wildman–Crippen MR) is 103 cm³/mol. The van der Waals surface area contributed by atoms with Crippen LogP contribution in [-0.4, -0.2) is 19.9 Å². The van der Waals surface area contributed by atoms with Crippen LogP contribution in [0.25, 0.3) is 10.9 Å². The van der Waals surface area contributed by atoms with Gasteiger partial charge in [-0.05, 0) is 17.2 Å². The lowest BCUT2D eigenvalue weighted by Crippen LogP contribution is -2.32. The van der Waals surface area contributed by atoms with Crippen molar-refractivity contribution in [3.8, 4) is 0 Å². The maximum Gasteiger partial charge on any atom is 0.215 e. The Morgan fingerprint density at radius 3 is 2.48 bits per heavy atom. The van der Waals surface area contributed by atoms with Crippen molar-refractivity contribution < 1.29 is 8.42 Å². The van der Waals surface area contributed by atoms with Gasteiger partial charge in [-0.15, -0.1) is 12.4 Å². The Hall–Kier alpha value is -1.99. The van der Waals surface area contributed by atoms with Crippen LogP contribution >= 0.6 is 12.4 Å². The maximum atomic E-state index is 12.4. The van der Waals surface area contributed by atoms with Crippen molar-refractivity contribution in [1.29, 1.82) is 0 Å². The van der Waals surface area contributed by atoms with Gasteiger partial charge in [0.25, 0.3) is 0 Å². The summed E-state index contributed by atoms with van der Waals surface area (Å²) in [4.78, 5) is 4.29. The standard InChI is InChI=1S/C18H19N3O2S.ClH/c19-17(14-6-2-1-3-7-14)12-21-24(22,23)13-16-9-4-8-15-10-5-11-20-18(15)16;/h1-11,17,21H,12-13,19H2;1H. The van der Waals surface area contributed by atoms with Crippen molar-refractivity contribution in [2.75, 3.05) is 6.54 Å². The number of rotatable bonds is 6. The summed E-state index contributed by atoms with van der Waals surface area (Å²) in [5.41, 5.74) is 8.32. The molecule has 0 aliphatic rings. The number of hydrogen-bond acceptors (Lipinski definition) is 4. The number of benzene rings is 2. The van der Waals surface area contributed by atoms with E-state index in [4.69, 9.17) is 5.73 Å². The van der Waals surface area contributed by atoms with Crippen LogP contribution in [0.3, 0.4) is 0 Å². The van der Waals surface area contributed by atoms with Crippen LogP contribution in [0.1, 0.15) is 17.2 Å². The van der Waals surface area contributed by atoms with Crippen molar-refractivity contribution in [3.63, 3.8) is 0 Å². The molecule has 0 amide bonds. The normalized spacial score (nSPS) is 12.5. The fourth-order valence-corrected chi connectivity index (χ4v) is 3.75. The van der Waals surface area contributed by atoms with Gasteiger partial charge in [-0.2, -0.15) is 0 Å². The van der Waals surface area contributed by atoms with E-state index in [2.05, 4.69) is 9.71 Å². The second kappa shape index (κ2) is 8.40. The number of fused-ring (bicyclic) bond motifs is 1. The lowest BCUT2D eigenvalue weighted by molar-refractivity contribution is 0.571. The molecule has 2 aromatic carbocycles. The molecule has 132 valence electrons. The third-order valence-corrected chi connectivity index (χ3v) is 5.11. The van der Waals surface area contributed by atoms with Gasteiger partial charge in [-0.1, -0.05) is 54.6 Å². The van der Waals surface area contributed by atoms with Crippen LogP contribution in [0.4, 0.5) is 0 Å². The zero-order valence-electron chi connectivity index (χ0n) is 13.5. The topological polar surface area (TPSA) is 85.1 Å². The molecule has 0 radical (unpaired) electrons. The number of nitrogens with two attached hydrogens (primary N) is 1. The van der Waals surface area contributed by atoms with E-state index in [1.165, 1.54) is 0 Å². The van der Waals surface area contributed by atoms with E-state index < -0.39 is 10.0 Å². The molecule has 3 N–H and O–H groups in total. The minimum Gasteiger partial charge on any atom is -0.323 e. The fraction of sp³-hybridized carbons (Fsp3) is 0.167. The second-order valence-corrected chi connectivity index (χ2v) is 7.42. The highest BCUT2D eigenvalue weighted by molar-refractivity contribution is 7.88. The van der Waals surface area contributed by atoms with Crippen LogP contribution in [-0.2, 0) is 15.8 Å². The lowest BCUT2D eigenvalue weighted by atomic mass is 10.1. The van der Waals surface area contributed by atoms with Crippen LogP contribution in [0.5, 0.6) is 0 Å². The summed E-state index contributed by atoms with van der Waals surface area (Å²) in [7, 11) is -3.50. The molecule has 1 aromatic heterocycles. The fourth-order valence-electron chi connectivity index (χ4n) is 2.57. The highest BCUT2D eigenvalue weighted by atomic mass is 35.5. The first-order valence-corrected chi connectivity index (χ1v) is 9.31. The van der Waals surface area contributed by atoms with E-state index in [0.29, 0.717) is 11.1 Å². The van der Waals surface area contributed by atoms with Gasteiger partial charge in [-0.25, -0.2) is 13.1 Å². The van der Waals surface area contributed by atoms with Gasteiger partial charge in [0.15, 0.2) is 0 Å². The maximum absolute atomic E-state index is 12.4. The van der Waals surface area contributed by atoms with E-state index in [1.807, 2.05) is 54.6 Å². The molecular formula is C18H20ClN3O2S. The molecule has 0 spiro atoms. The van der Waals surface area contributed by atoms with E-state index in [-0.39, 0.29) is 30.7 Å². The number of hydrogen-bond donors (Lipinski definition) is 2. The SMILES string of the molecule is Cl.NC(CNS(=O)(=O)Cc1cccc2cccnc12)c1ccccc1. The summed E-state index contributed by atoms with van der Waals surface area (Å²) in [5.74, 6) is -0.122. The lowest BCUT2D eigenvalue weighted by Gasteiger charge is -2.14. The van der Waals surface area contributed by atoms with Gasteiger partial charge >= 0.3 is 0 Å². The number of aromatic nitrogens is 1. The summed E-state index contributed by atoms with van der Waals surface area (Å²) >= 11 is 0. The van der Waals surface area contributed by atoms with Crippen LogP contribution in [0.2, 0.25) is 0 Å². The summed E-state index contributed by atoms with van der Waals surface area (Å²) < 4.78 is 27.4. The Bertz CT molecular complexity index is 928. The average Bonchev–Trinajstić information content (AvgIpc) is 2.61. The minimum atomic E-state index is -3.50. The minimum absolute atomic E-state index is 0. The number of pyridine rings is 1. The zero-order chi connectivity index (χ0) is 17.0. The molecule has 0 fully saturated rings. The molecule has 0 aliphatic heterocycles. The molecule has 5 nitrogen and oxygen atoms in total. The molecular weight excluding hydrogens is 358 g/mol. The van der Waals surface area contributed by atoms with Crippen molar-refractivity contribution >= 4 is 33.3 Å². The first kappa shape index (κ1) is 19.3. The van der Waals surface area contributed by atoms with Gasteiger partial charge in [0.1, 0.15) is 0 Å². The molecule has 3 rings (SSSR count). The third-order valence-electron chi connectivity index (χ3n) is 3.81. The van der Waals surface area contributed by atoms with E-state index in [9.17, 15) is 8.42 Å². The molecule has 0 saturated heterocycles. The largest absolute Gasteiger partial charge is 0.323 e. The van der Waals surface area contributed by atoms with Crippen molar-refractivity contribution in [1.82, 2.24) is 9.71 Å². The number of para-hydroxylation sites is 1. The average molecular weight is 378 g/mol. The number of halogens is 1. The molecule has 0 saturated carbocycles. The highest BCUT2D eigenvalue weighted by Gasteiger charge is 2.16. The number of sulfonamides is 1. The molecule has 1 heterocycles. The molecule has 0 aliphatic carbocycles. The van der Waals surface area contributed by atoms with Gasteiger partial charge in [-0.3, -0.25) is 4.98 Å². The van der Waals surface area contributed by atoms with Gasteiger partial charge < -0.3 is 5.73 Å². The van der Waals surface area contributed by atoms with Crippen molar-refractivity contribution in [3.05, 3.63) is 78.0 Å². The first-order chi connectivity index (χ1) is 11.6. The Morgan fingerprint density at radius 1 is 1.00 bits per heavy atom. The van der Waals surface area contributed by atoms with Crippen molar-refractivity contribution in [2.24, 2.45) is 5.73 Å². The van der Waals surface area contributed by atoms with Gasteiger partial charge in [0, 0.05) is 24.2 Å². The second-order valence-electron chi connectivity index (χ2n) is 5.62. The molecule has 7 heteroatoms. The quantitative estimate of drug-likeness (QED) is 0.691. The Morgan fingerprint density at radius 2 is 1.72 bits per heavy atom. The van der Waals surface area contributed by atoms with Gasteiger partial charge in [0.05, 0.1) is 11.3 Å². The highest BCUT2D eigenvalue weighted by Crippen LogP contribution is 2.18. The molecule has 3 aromatic rings. The van der Waals surface area contributed by atoms with Crippen LogP contribution in [0.15, 0.2) is 66.9 Å². The molecule has 25 heavy (non-hydrogen) atoms.